The molecule has 0 aliphatic carbocycles. The van der Waals surface area contributed by atoms with Gasteiger partial charge in [0.15, 0.2) is 17.5 Å². The second-order valence-electron chi connectivity index (χ2n) is 17.1. The van der Waals surface area contributed by atoms with E-state index in [4.69, 9.17) is 15.0 Å². The van der Waals surface area contributed by atoms with Crippen molar-refractivity contribution in [3.63, 3.8) is 0 Å². The van der Waals surface area contributed by atoms with Gasteiger partial charge in [0.1, 0.15) is 0 Å². The molecule has 2 aromatic heterocycles. The summed E-state index contributed by atoms with van der Waals surface area (Å²) < 4.78 is 2.36. The molecule has 13 aromatic rings. The van der Waals surface area contributed by atoms with Crippen LogP contribution in [0.5, 0.6) is 0 Å². The molecule has 0 unspecified atom stereocenters. The lowest BCUT2D eigenvalue weighted by Gasteiger charge is -2.15. The van der Waals surface area contributed by atoms with Gasteiger partial charge in [-0.25, -0.2) is 15.0 Å². The highest BCUT2D eigenvalue weighted by Gasteiger charge is 2.20. The lowest BCUT2D eigenvalue weighted by atomic mass is 9.89. The van der Waals surface area contributed by atoms with Crippen LogP contribution in [0, 0.1) is 0 Å². The Morgan fingerprint density at radius 3 is 1.66 bits per heavy atom. The van der Waals surface area contributed by atoms with E-state index in [0.29, 0.717) is 17.5 Å². The van der Waals surface area contributed by atoms with Crippen LogP contribution in [-0.2, 0) is 0 Å². The van der Waals surface area contributed by atoms with Gasteiger partial charge in [-0.1, -0.05) is 206 Å². The van der Waals surface area contributed by atoms with Crippen LogP contribution >= 0.6 is 0 Å². The van der Waals surface area contributed by atoms with Gasteiger partial charge in [-0.2, -0.15) is 0 Å². The Hall–Kier alpha value is -8.99. The summed E-state index contributed by atoms with van der Waals surface area (Å²) in [4.78, 5) is 15.9. The van der Waals surface area contributed by atoms with Crippen molar-refractivity contribution in [3.05, 3.63) is 243 Å². The van der Waals surface area contributed by atoms with Crippen LogP contribution < -0.4 is 0 Å². The van der Waals surface area contributed by atoms with E-state index in [1.165, 1.54) is 54.2 Å². The molecule has 0 aliphatic heterocycles. The molecule has 2 heterocycles. The predicted octanol–water partition coefficient (Wildman–Crippen LogP) is 16.4. The Labute approximate surface area is 387 Å². The molecule has 4 heteroatoms. The summed E-state index contributed by atoms with van der Waals surface area (Å²) in [5.74, 6) is 1.84. The zero-order valence-electron chi connectivity index (χ0n) is 36.4. The minimum absolute atomic E-state index is 0.611. The fourth-order valence-corrected chi connectivity index (χ4v) is 10.2. The third kappa shape index (κ3) is 6.57. The van der Waals surface area contributed by atoms with Crippen molar-refractivity contribution < 1.29 is 0 Å². The maximum Gasteiger partial charge on any atom is 0.164 e. The molecule has 13 rings (SSSR count). The van der Waals surface area contributed by atoms with Crippen molar-refractivity contribution >= 4 is 54.1 Å². The molecule has 0 bridgehead atoms. The van der Waals surface area contributed by atoms with Crippen molar-refractivity contribution in [1.82, 2.24) is 19.5 Å². The van der Waals surface area contributed by atoms with Crippen LogP contribution in [0.25, 0.3) is 127 Å². The summed E-state index contributed by atoms with van der Waals surface area (Å²) in [7, 11) is 0. The van der Waals surface area contributed by atoms with Crippen LogP contribution in [-0.4, -0.2) is 19.5 Å². The first-order valence-electron chi connectivity index (χ1n) is 22.8. The normalized spacial score (nSPS) is 11.6. The molecule has 0 atom stereocenters. The number of aromatic nitrogens is 4. The Morgan fingerprint density at radius 1 is 0.269 bits per heavy atom. The molecule has 0 amide bonds. The lowest BCUT2D eigenvalue weighted by molar-refractivity contribution is 1.07. The van der Waals surface area contributed by atoms with Gasteiger partial charge < -0.3 is 4.57 Å². The van der Waals surface area contributed by atoms with Crippen molar-refractivity contribution in [3.8, 4) is 73.2 Å². The molecule has 0 radical (unpaired) electrons. The summed E-state index contributed by atoms with van der Waals surface area (Å²) in [6, 6.07) is 86.4. The molecular weight excluding hydrogens is 813 g/mol. The highest BCUT2D eigenvalue weighted by Crippen LogP contribution is 2.42. The summed E-state index contributed by atoms with van der Waals surface area (Å²) in [6.45, 7) is 0. The van der Waals surface area contributed by atoms with E-state index < -0.39 is 0 Å². The number of benzene rings is 11. The monoisotopic (exact) mass is 852 g/mol. The second kappa shape index (κ2) is 15.9. The number of fused-ring (bicyclic) bond motifs is 7. The Kier molecular flexibility index (Phi) is 9.14. The van der Waals surface area contributed by atoms with E-state index in [9.17, 15) is 0 Å². The average Bonchev–Trinajstić information content (AvgIpc) is 3.75. The number of hydrogen-bond acceptors (Lipinski definition) is 3. The minimum Gasteiger partial charge on any atom is -0.309 e. The van der Waals surface area contributed by atoms with Crippen LogP contribution in [0.1, 0.15) is 0 Å². The van der Waals surface area contributed by atoms with Gasteiger partial charge in [-0.15, -0.1) is 0 Å². The molecule has 0 saturated heterocycles. The maximum atomic E-state index is 5.31. The van der Waals surface area contributed by atoms with E-state index in [1.807, 2.05) is 6.07 Å². The molecule has 0 saturated carbocycles. The lowest BCUT2D eigenvalue weighted by Crippen LogP contribution is -2.01. The average molecular weight is 853 g/mol. The van der Waals surface area contributed by atoms with Crippen molar-refractivity contribution in [2.45, 2.75) is 0 Å². The molecular formula is C63H40N4. The fraction of sp³-hybridized carbons (Fsp3) is 0. The predicted molar refractivity (Wildman–Crippen MR) is 279 cm³/mol. The Balaban J connectivity index is 0.979. The third-order valence-electron chi connectivity index (χ3n) is 13.2. The topological polar surface area (TPSA) is 43.6 Å². The van der Waals surface area contributed by atoms with Crippen molar-refractivity contribution in [2.75, 3.05) is 0 Å². The molecule has 0 fully saturated rings. The van der Waals surface area contributed by atoms with E-state index in [-0.39, 0.29) is 0 Å². The van der Waals surface area contributed by atoms with Crippen molar-refractivity contribution in [2.24, 2.45) is 0 Å². The highest BCUT2D eigenvalue weighted by molar-refractivity contribution is 6.20. The van der Waals surface area contributed by atoms with Gasteiger partial charge in [0.25, 0.3) is 0 Å². The molecule has 0 aliphatic rings. The highest BCUT2D eigenvalue weighted by atomic mass is 15.0. The standard InChI is InChI=1S/C63H40N4/c1-3-17-41(18-4-1)49-25-11-12-28-54(49)63-65-61(44-35-33-43(34-36-44)59-51-27-10-8-20-46(51)40-56-50-26-9-7-19-42(50)37-38-53(56)59)64-62(66-63)47-22-15-21-45(39-47)52-30-16-32-58-60(52)55-29-13-14-31-57(55)67(58)48-23-5-2-6-24-48/h1-40H. The fourth-order valence-electron chi connectivity index (χ4n) is 10.2. The summed E-state index contributed by atoms with van der Waals surface area (Å²) >= 11 is 0. The smallest absolute Gasteiger partial charge is 0.164 e. The largest absolute Gasteiger partial charge is 0.309 e. The molecule has 11 aromatic carbocycles. The number of hydrogen-bond donors (Lipinski definition) is 0. The van der Waals surface area contributed by atoms with E-state index in [0.717, 1.165) is 55.7 Å². The number of rotatable bonds is 7. The van der Waals surface area contributed by atoms with Gasteiger partial charge >= 0.3 is 0 Å². The van der Waals surface area contributed by atoms with E-state index in [1.54, 1.807) is 0 Å². The van der Waals surface area contributed by atoms with E-state index >= 15 is 0 Å². The number of nitrogens with zero attached hydrogens (tertiary/aromatic N) is 4. The van der Waals surface area contributed by atoms with Gasteiger partial charge in [-0.05, 0) is 102 Å². The van der Waals surface area contributed by atoms with Crippen LogP contribution in [0.15, 0.2) is 243 Å². The minimum atomic E-state index is 0.611. The molecule has 0 N–H and O–H groups in total. The summed E-state index contributed by atoms with van der Waals surface area (Å²) in [6.07, 6.45) is 0. The number of para-hydroxylation sites is 2. The first kappa shape index (κ1) is 38.5. The molecule has 4 nitrogen and oxygen atoms in total. The van der Waals surface area contributed by atoms with E-state index in [2.05, 4.69) is 241 Å². The van der Waals surface area contributed by atoms with Crippen molar-refractivity contribution in [1.29, 1.82) is 0 Å². The van der Waals surface area contributed by atoms with Crippen LogP contribution in [0.2, 0.25) is 0 Å². The zero-order chi connectivity index (χ0) is 44.3. The third-order valence-corrected chi connectivity index (χ3v) is 13.2. The molecule has 67 heavy (non-hydrogen) atoms. The second-order valence-corrected chi connectivity index (χ2v) is 17.1. The maximum absolute atomic E-state index is 5.31. The Bertz CT molecular complexity index is 4020. The quantitative estimate of drug-likeness (QED) is 0.118. The van der Waals surface area contributed by atoms with Crippen LogP contribution in [0.4, 0.5) is 0 Å². The van der Waals surface area contributed by atoms with Crippen LogP contribution in [0.3, 0.4) is 0 Å². The van der Waals surface area contributed by atoms with Gasteiger partial charge in [0.05, 0.1) is 11.0 Å². The van der Waals surface area contributed by atoms with Gasteiger partial charge in [0, 0.05) is 33.2 Å². The SMILES string of the molecule is c1ccc(-c2ccccc2-c2nc(-c3ccc(-c4c5ccccc5cc5c4ccc4ccccc45)cc3)nc(-c3cccc(-c4cccc5c4c4ccccc4n5-c4ccccc4)c3)n2)cc1. The zero-order valence-corrected chi connectivity index (χ0v) is 36.4. The summed E-state index contributed by atoms with van der Waals surface area (Å²) in [5.41, 5.74) is 13.0. The molecule has 0 spiro atoms. The summed E-state index contributed by atoms with van der Waals surface area (Å²) in [5, 5.41) is 9.82. The Morgan fingerprint density at radius 2 is 0.836 bits per heavy atom. The first-order valence-corrected chi connectivity index (χ1v) is 22.8. The molecule has 312 valence electrons. The van der Waals surface area contributed by atoms with Gasteiger partial charge in [0.2, 0.25) is 0 Å². The first-order chi connectivity index (χ1) is 33.2. The van der Waals surface area contributed by atoms with Gasteiger partial charge in [-0.3, -0.25) is 0 Å².